The zero-order chi connectivity index (χ0) is 15.2. The van der Waals surface area contributed by atoms with E-state index in [9.17, 15) is 0 Å². The van der Waals surface area contributed by atoms with E-state index in [2.05, 4.69) is 62.5 Å². The molecule has 0 saturated carbocycles. The summed E-state index contributed by atoms with van der Waals surface area (Å²) >= 11 is 0. The molecule has 0 aliphatic carbocycles. The Morgan fingerprint density at radius 2 is 1.62 bits per heavy atom. The molecule has 0 amide bonds. The summed E-state index contributed by atoms with van der Waals surface area (Å²) in [4.78, 5) is 0. The first-order chi connectivity index (χ1) is 10.4. The average molecular weight is 288 g/mol. The topological polar surface area (TPSA) is 12.5 Å². The minimum atomic E-state index is 0.372. The van der Waals surface area contributed by atoms with Crippen LogP contribution in [0.15, 0.2) is 48.6 Å². The van der Waals surface area contributed by atoms with Crippen molar-refractivity contribution in [3.8, 4) is 0 Å². The zero-order valence-corrected chi connectivity index (χ0v) is 13.8. The predicted octanol–water partition coefficient (Wildman–Crippen LogP) is 6.14. The van der Waals surface area contributed by atoms with Gasteiger partial charge in [-0.1, -0.05) is 88.1 Å². The van der Waals surface area contributed by atoms with Crippen molar-refractivity contribution >= 4 is 0 Å². The number of unbranched alkanes of at least 4 members (excludes halogenated alkanes) is 4. The first-order valence-corrected chi connectivity index (χ1v) is 8.69. The third-order valence-corrected chi connectivity index (χ3v) is 3.65. The first-order valence-electron chi connectivity index (χ1n) is 8.69. The molecule has 2 unspecified atom stereocenters. The molecule has 1 fully saturated rings. The van der Waals surface area contributed by atoms with Crippen LogP contribution in [0.3, 0.4) is 0 Å². The van der Waals surface area contributed by atoms with Crippen molar-refractivity contribution in [2.45, 2.75) is 77.4 Å². The number of ether oxygens (including phenoxy) is 1. The van der Waals surface area contributed by atoms with Crippen molar-refractivity contribution < 1.29 is 4.74 Å². The minimum Gasteiger partial charge on any atom is -0.365 e. The molecule has 21 heavy (non-hydrogen) atoms. The van der Waals surface area contributed by atoms with Gasteiger partial charge < -0.3 is 4.74 Å². The van der Waals surface area contributed by atoms with Crippen LogP contribution in [-0.2, 0) is 4.74 Å². The van der Waals surface area contributed by atoms with Crippen LogP contribution in [0, 0.1) is 0 Å². The second-order valence-corrected chi connectivity index (χ2v) is 5.68. The summed E-state index contributed by atoms with van der Waals surface area (Å²) in [5.74, 6) is 0. The molecule has 0 aromatic heterocycles. The van der Waals surface area contributed by atoms with Gasteiger partial charge in [0.1, 0.15) is 6.10 Å². The summed E-state index contributed by atoms with van der Waals surface area (Å²) in [5, 5.41) is 0. The first kappa shape index (κ1) is 18.0. The zero-order valence-electron chi connectivity index (χ0n) is 13.8. The van der Waals surface area contributed by atoms with Crippen molar-refractivity contribution in [2.24, 2.45) is 0 Å². The van der Waals surface area contributed by atoms with Crippen LogP contribution in [-0.4, -0.2) is 12.2 Å². The van der Waals surface area contributed by atoms with Gasteiger partial charge in [-0.25, -0.2) is 0 Å². The Labute approximate surface area is 131 Å². The average Bonchev–Trinajstić information content (AvgIpc) is 3.24. The molecule has 1 nitrogen and oxygen atoms in total. The van der Waals surface area contributed by atoms with Crippen molar-refractivity contribution in [3.63, 3.8) is 0 Å². The lowest BCUT2D eigenvalue weighted by molar-refractivity contribution is 0.375. The lowest BCUT2D eigenvalue weighted by atomic mass is 10.1. The SMILES string of the molecule is CCCCC/C=C\C\C=C/C=C/C=C/C1OC1CCCC. The lowest BCUT2D eigenvalue weighted by Crippen LogP contribution is -1.89. The molecule has 118 valence electrons. The molecule has 1 heterocycles. The summed E-state index contributed by atoms with van der Waals surface area (Å²) in [6, 6.07) is 0. The molecular formula is C20H32O. The molecule has 1 aliphatic rings. The predicted molar refractivity (Wildman–Crippen MR) is 93.5 cm³/mol. The quantitative estimate of drug-likeness (QED) is 0.182. The van der Waals surface area contributed by atoms with Gasteiger partial charge in [-0.05, 0) is 25.7 Å². The molecule has 2 atom stereocenters. The Morgan fingerprint density at radius 3 is 2.43 bits per heavy atom. The standard InChI is InChI=1S/C20H32O/c1-3-5-7-8-9-10-11-12-13-14-15-16-18-20-19(21-20)17-6-4-2/h9-10,12-16,18-20H,3-8,11,17H2,1-2H3/b10-9-,13-12-,15-14+,18-16+. The Hall–Kier alpha value is -1.08. The van der Waals surface area contributed by atoms with Gasteiger partial charge in [-0.15, -0.1) is 0 Å². The van der Waals surface area contributed by atoms with Gasteiger partial charge in [0.25, 0.3) is 0 Å². The highest BCUT2D eigenvalue weighted by Crippen LogP contribution is 2.27. The van der Waals surface area contributed by atoms with Crippen LogP contribution >= 0.6 is 0 Å². The molecule has 1 aliphatic heterocycles. The van der Waals surface area contributed by atoms with Gasteiger partial charge in [0.15, 0.2) is 0 Å². The molecule has 1 heteroatoms. The van der Waals surface area contributed by atoms with E-state index in [0.29, 0.717) is 12.2 Å². The van der Waals surface area contributed by atoms with Crippen LogP contribution in [0.25, 0.3) is 0 Å². The number of allylic oxidation sites excluding steroid dienone is 7. The fraction of sp³-hybridized carbons (Fsp3) is 0.600. The molecule has 0 aromatic rings. The van der Waals surface area contributed by atoms with Gasteiger partial charge in [-0.3, -0.25) is 0 Å². The fourth-order valence-electron chi connectivity index (χ4n) is 2.23. The van der Waals surface area contributed by atoms with Gasteiger partial charge in [0, 0.05) is 0 Å². The molecule has 0 bridgehead atoms. The lowest BCUT2D eigenvalue weighted by Gasteiger charge is -1.90. The summed E-state index contributed by atoms with van der Waals surface area (Å²) in [7, 11) is 0. The Balaban J connectivity index is 1.98. The van der Waals surface area contributed by atoms with E-state index in [1.165, 1.54) is 44.9 Å². The van der Waals surface area contributed by atoms with Crippen LogP contribution in [0.5, 0.6) is 0 Å². The van der Waals surface area contributed by atoms with Crippen LogP contribution in [0.4, 0.5) is 0 Å². The van der Waals surface area contributed by atoms with E-state index >= 15 is 0 Å². The third-order valence-electron chi connectivity index (χ3n) is 3.65. The van der Waals surface area contributed by atoms with E-state index in [-0.39, 0.29) is 0 Å². The van der Waals surface area contributed by atoms with Gasteiger partial charge in [-0.2, -0.15) is 0 Å². The molecule has 0 N–H and O–H groups in total. The molecular weight excluding hydrogens is 256 g/mol. The second-order valence-electron chi connectivity index (χ2n) is 5.68. The summed E-state index contributed by atoms with van der Waals surface area (Å²) in [6.07, 6.45) is 28.1. The summed E-state index contributed by atoms with van der Waals surface area (Å²) in [5.41, 5.74) is 0. The number of hydrogen-bond donors (Lipinski definition) is 0. The number of rotatable bonds is 12. The van der Waals surface area contributed by atoms with E-state index < -0.39 is 0 Å². The molecule has 1 saturated heterocycles. The maximum atomic E-state index is 5.57. The van der Waals surface area contributed by atoms with Gasteiger partial charge in [0.2, 0.25) is 0 Å². The van der Waals surface area contributed by atoms with E-state index in [0.717, 1.165) is 6.42 Å². The van der Waals surface area contributed by atoms with Crippen LogP contribution in [0.2, 0.25) is 0 Å². The summed E-state index contributed by atoms with van der Waals surface area (Å²) in [6.45, 7) is 4.47. The minimum absolute atomic E-state index is 0.372. The number of hydrogen-bond acceptors (Lipinski definition) is 1. The van der Waals surface area contributed by atoms with Crippen molar-refractivity contribution in [3.05, 3.63) is 48.6 Å². The monoisotopic (exact) mass is 288 g/mol. The Kier molecular flexibility index (Phi) is 10.8. The Morgan fingerprint density at radius 1 is 0.810 bits per heavy atom. The largest absolute Gasteiger partial charge is 0.365 e. The Bertz CT molecular complexity index is 349. The third kappa shape index (κ3) is 10.3. The van der Waals surface area contributed by atoms with Crippen LogP contribution in [0.1, 0.15) is 65.2 Å². The van der Waals surface area contributed by atoms with Gasteiger partial charge in [0.05, 0.1) is 6.10 Å². The highest BCUT2D eigenvalue weighted by atomic mass is 16.6. The maximum Gasteiger partial charge on any atom is 0.103 e. The van der Waals surface area contributed by atoms with Crippen LogP contribution < -0.4 is 0 Å². The summed E-state index contributed by atoms with van der Waals surface area (Å²) < 4.78 is 5.57. The molecule has 0 radical (unpaired) electrons. The maximum absolute atomic E-state index is 5.57. The normalized spacial score (nSPS) is 22.4. The second kappa shape index (κ2) is 12.6. The highest BCUT2D eigenvalue weighted by Gasteiger charge is 2.34. The van der Waals surface area contributed by atoms with E-state index in [1.807, 2.05) is 0 Å². The highest BCUT2D eigenvalue weighted by molar-refractivity contribution is 5.15. The fourth-order valence-corrected chi connectivity index (χ4v) is 2.23. The van der Waals surface area contributed by atoms with Crippen molar-refractivity contribution in [1.29, 1.82) is 0 Å². The van der Waals surface area contributed by atoms with Crippen molar-refractivity contribution in [1.82, 2.24) is 0 Å². The number of epoxide rings is 1. The van der Waals surface area contributed by atoms with E-state index in [4.69, 9.17) is 4.74 Å². The van der Waals surface area contributed by atoms with Crippen molar-refractivity contribution in [2.75, 3.05) is 0 Å². The molecule has 0 aromatic carbocycles. The molecule has 0 spiro atoms. The smallest absolute Gasteiger partial charge is 0.103 e. The van der Waals surface area contributed by atoms with E-state index in [1.54, 1.807) is 0 Å². The molecule has 1 rings (SSSR count). The van der Waals surface area contributed by atoms with Gasteiger partial charge >= 0.3 is 0 Å².